The maximum Gasteiger partial charge on any atom is 0.224 e. The molecule has 0 aromatic heterocycles. The molecule has 1 aromatic rings. The minimum Gasteiger partial charge on any atom is -0.497 e. The van der Waals surface area contributed by atoms with Crippen molar-refractivity contribution in [2.75, 3.05) is 13.7 Å². The fraction of sp³-hybridized carbons (Fsp3) is 0.533. The van der Waals surface area contributed by atoms with Gasteiger partial charge in [-0.2, -0.15) is 0 Å². The Hall–Kier alpha value is -1.49. The first-order chi connectivity index (χ1) is 8.30. The highest BCUT2D eigenvalue weighted by Crippen LogP contribution is 2.40. The highest BCUT2D eigenvalue weighted by atomic mass is 16.5. The molecular formula is C15H19NO. The molecular weight excluding hydrogens is 210 g/mol. The maximum atomic E-state index is 7.19. The molecule has 0 saturated heterocycles. The van der Waals surface area contributed by atoms with Gasteiger partial charge in [0.05, 0.1) is 12.5 Å². The zero-order valence-corrected chi connectivity index (χ0v) is 10.4. The van der Waals surface area contributed by atoms with Crippen LogP contribution in [0.4, 0.5) is 0 Å². The van der Waals surface area contributed by atoms with Crippen LogP contribution in [0.2, 0.25) is 0 Å². The number of hydrogen-bond donors (Lipinski definition) is 0. The highest BCUT2D eigenvalue weighted by Gasteiger charge is 2.36. The first-order valence-corrected chi connectivity index (χ1v) is 6.28. The molecule has 1 aromatic carbocycles. The second-order valence-electron chi connectivity index (χ2n) is 4.89. The van der Waals surface area contributed by atoms with E-state index in [1.165, 1.54) is 24.8 Å². The number of rotatable bonds is 3. The Morgan fingerprint density at radius 2 is 1.82 bits per heavy atom. The predicted octanol–water partition coefficient (Wildman–Crippen LogP) is 3.82. The first kappa shape index (κ1) is 12.0. The van der Waals surface area contributed by atoms with Crippen molar-refractivity contribution >= 4 is 0 Å². The zero-order chi connectivity index (χ0) is 12.1. The van der Waals surface area contributed by atoms with Gasteiger partial charge in [-0.3, -0.25) is 0 Å². The van der Waals surface area contributed by atoms with E-state index < -0.39 is 0 Å². The van der Waals surface area contributed by atoms with Gasteiger partial charge in [0.2, 0.25) is 6.54 Å². The largest absolute Gasteiger partial charge is 0.497 e. The Kier molecular flexibility index (Phi) is 3.68. The molecule has 1 aliphatic carbocycles. The molecule has 17 heavy (non-hydrogen) atoms. The third kappa shape index (κ3) is 2.44. The number of hydrogen-bond acceptors (Lipinski definition) is 1. The topological polar surface area (TPSA) is 13.6 Å². The van der Waals surface area contributed by atoms with Crippen LogP contribution >= 0.6 is 0 Å². The van der Waals surface area contributed by atoms with Crippen molar-refractivity contribution in [3.05, 3.63) is 41.2 Å². The van der Waals surface area contributed by atoms with Gasteiger partial charge in [-0.25, -0.2) is 6.57 Å². The molecule has 2 heteroatoms. The Morgan fingerprint density at radius 3 is 2.35 bits per heavy atom. The Balaban J connectivity index is 2.28. The molecule has 0 heterocycles. The third-order valence-corrected chi connectivity index (χ3v) is 3.89. The fourth-order valence-electron chi connectivity index (χ4n) is 2.86. The van der Waals surface area contributed by atoms with Crippen LogP contribution in [0.25, 0.3) is 4.85 Å². The third-order valence-electron chi connectivity index (χ3n) is 3.89. The summed E-state index contributed by atoms with van der Waals surface area (Å²) < 4.78 is 5.19. The van der Waals surface area contributed by atoms with Crippen LogP contribution in [0.15, 0.2) is 24.3 Å². The molecule has 0 N–H and O–H groups in total. The molecule has 0 radical (unpaired) electrons. The molecule has 0 aliphatic heterocycles. The summed E-state index contributed by atoms with van der Waals surface area (Å²) in [6.45, 7) is 7.82. The molecule has 90 valence electrons. The number of ether oxygens (including phenoxy) is 1. The summed E-state index contributed by atoms with van der Waals surface area (Å²) in [6, 6.07) is 8.29. The molecule has 0 bridgehead atoms. The Labute approximate surface area is 103 Å². The summed E-state index contributed by atoms with van der Waals surface area (Å²) in [6.07, 6.45) is 6.13. The Morgan fingerprint density at radius 1 is 1.18 bits per heavy atom. The van der Waals surface area contributed by atoms with Crippen molar-refractivity contribution in [3.63, 3.8) is 0 Å². The van der Waals surface area contributed by atoms with Crippen LogP contribution in [-0.2, 0) is 5.41 Å². The average molecular weight is 229 g/mol. The zero-order valence-electron chi connectivity index (χ0n) is 10.4. The Bertz CT molecular complexity index is 396. The molecule has 2 nitrogen and oxygen atoms in total. The number of nitrogens with zero attached hydrogens (tertiary/aromatic N) is 1. The summed E-state index contributed by atoms with van der Waals surface area (Å²) in [4.78, 5) is 3.67. The van der Waals surface area contributed by atoms with Gasteiger partial charge in [-0.05, 0) is 30.5 Å². The lowest BCUT2D eigenvalue weighted by atomic mass is 9.69. The summed E-state index contributed by atoms with van der Waals surface area (Å²) in [7, 11) is 1.69. The second kappa shape index (κ2) is 5.23. The van der Waals surface area contributed by atoms with Crippen molar-refractivity contribution in [3.8, 4) is 5.75 Å². The molecule has 0 atom stereocenters. The quantitative estimate of drug-likeness (QED) is 0.718. The monoisotopic (exact) mass is 229 g/mol. The summed E-state index contributed by atoms with van der Waals surface area (Å²) in [5.74, 6) is 0.891. The lowest BCUT2D eigenvalue weighted by molar-refractivity contribution is 0.313. The van der Waals surface area contributed by atoms with Crippen LogP contribution in [0.5, 0.6) is 5.75 Å². The smallest absolute Gasteiger partial charge is 0.224 e. The summed E-state index contributed by atoms with van der Waals surface area (Å²) in [5.41, 5.74) is 1.42. The van der Waals surface area contributed by atoms with E-state index >= 15 is 0 Å². The van der Waals surface area contributed by atoms with E-state index in [9.17, 15) is 0 Å². The highest BCUT2D eigenvalue weighted by molar-refractivity contribution is 5.33. The van der Waals surface area contributed by atoms with Gasteiger partial charge in [-0.15, -0.1) is 0 Å². The minimum atomic E-state index is 0.103. The number of methoxy groups -OCH3 is 1. The van der Waals surface area contributed by atoms with Gasteiger partial charge in [0, 0.05) is 0 Å². The fourth-order valence-corrected chi connectivity index (χ4v) is 2.86. The van der Waals surface area contributed by atoms with Crippen molar-refractivity contribution in [1.82, 2.24) is 0 Å². The maximum absolute atomic E-state index is 7.19. The predicted molar refractivity (Wildman–Crippen MR) is 69.2 cm³/mol. The van der Waals surface area contributed by atoms with E-state index in [4.69, 9.17) is 11.3 Å². The minimum absolute atomic E-state index is 0.103. The van der Waals surface area contributed by atoms with E-state index in [1.807, 2.05) is 12.1 Å². The van der Waals surface area contributed by atoms with E-state index in [0.29, 0.717) is 6.54 Å². The van der Waals surface area contributed by atoms with Crippen molar-refractivity contribution in [1.29, 1.82) is 0 Å². The van der Waals surface area contributed by atoms with Crippen molar-refractivity contribution in [2.45, 2.75) is 37.5 Å². The molecule has 2 rings (SSSR count). The molecule has 1 saturated carbocycles. The molecule has 0 spiro atoms. The van der Waals surface area contributed by atoms with Crippen molar-refractivity contribution < 1.29 is 4.74 Å². The SMILES string of the molecule is [C-]#[N+]CC1(c2ccc(OC)cc2)CCCCC1. The van der Waals surface area contributed by atoms with Crippen molar-refractivity contribution in [2.24, 2.45) is 0 Å². The van der Waals surface area contributed by atoms with Gasteiger partial charge in [-0.1, -0.05) is 31.4 Å². The van der Waals surface area contributed by atoms with Crippen LogP contribution < -0.4 is 4.74 Å². The normalized spacial score (nSPS) is 18.4. The molecule has 1 fully saturated rings. The van der Waals surface area contributed by atoms with Gasteiger partial charge in [0.25, 0.3) is 0 Å². The van der Waals surface area contributed by atoms with Gasteiger partial charge >= 0.3 is 0 Å². The standard InChI is InChI=1S/C15H19NO/c1-16-12-15(10-4-3-5-11-15)13-6-8-14(17-2)9-7-13/h6-9H,3-5,10-12H2,2H3. The van der Waals surface area contributed by atoms with E-state index in [-0.39, 0.29) is 5.41 Å². The molecule has 1 aliphatic rings. The average Bonchev–Trinajstić information content (AvgIpc) is 2.40. The summed E-state index contributed by atoms with van der Waals surface area (Å²) in [5, 5.41) is 0. The van der Waals surface area contributed by atoms with E-state index in [2.05, 4.69) is 17.0 Å². The second-order valence-corrected chi connectivity index (χ2v) is 4.89. The number of benzene rings is 1. The van der Waals surface area contributed by atoms with Crippen LogP contribution in [0.3, 0.4) is 0 Å². The molecule has 0 unspecified atom stereocenters. The van der Waals surface area contributed by atoms with Gasteiger partial charge < -0.3 is 9.58 Å². The van der Waals surface area contributed by atoms with Crippen LogP contribution in [0.1, 0.15) is 37.7 Å². The lowest BCUT2D eigenvalue weighted by Crippen LogP contribution is -2.31. The van der Waals surface area contributed by atoms with E-state index in [0.717, 1.165) is 18.6 Å². The van der Waals surface area contributed by atoms with Crippen LogP contribution in [0, 0.1) is 6.57 Å². The van der Waals surface area contributed by atoms with Gasteiger partial charge in [0.15, 0.2) is 0 Å². The first-order valence-electron chi connectivity index (χ1n) is 6.28. The van der Waals surface area contributed by atoms with E-state index in [1.54, 1.807) is 7.11 Å². The summed E-state index contributed by atoms with van der Waals surface area (Å²) >= 11 is 0. The lowest BCUT2D eigenvalue weighted by Gasteiger charge is -2.33. The van der Waals surface area contributed by atoms with Gasteiger partial charge in [0.1, 0.15) is 5.75 Å². The molecule has 0 amide bonds. The van der Waals surface area contributed by atoms with Crippen LogP contribution in [-0.4, -0.2) is 13.7 Å².